The van der Waals surface area contributed by atoms with E-state index in [4.69, 9.17) is 9.84 Å². The van der Waals surface area contributed by atoms with Crippen molar-refractivity contribution in [2.45, 2.75) is 51.7 Å². The standard InChI is InChI=1S/C21H27N5O/c1-3-15(4-2)18-14-17(12-13-27-18)22-19-10-11-20-23-24-21(26(20)25-19)16-8-6-5-7-9-16/h5-11,15,17-18H,3-4,12-14H2,1-2H3,(H,22,25). The Morgan fingerprint density at radius 3 is 2.70 bits per heavy atom. The molecule has 1 aliphatic heterocycles. The van der Waals surface area contributed by atoms with Crippen molar-refractivity contribution in [2.24, 2.45) is 5.92 Å². The molecule has 0 saturated carbocycles. The number of ether oxygens (including phenoxy) is 1. The molecule has 6 nitrogen and oxygen atoms in total. The fourth-order valence-corrected chi connectivity index (χ4v) is 3.94. The summed E-state index contributed by atoms with van der Waals surface area (Å²) in [5.74, 6) is 2.25. The summed E-state index contributed by atoms with van der Waals surface area (Å²) in [6, 6.07) is 14.4. The zero-order valence-corrected chi connectivity index (χ0v) is 16.0. The van der Waals surface area contributed by atoms with E-state index in [1.165, 1.54) is 12.8 Å². The van der Waals surface area contributed by atoms with Gasteiger partial charge in [-0.3, -0.25) is 0 Å². The van der Waals surface area contributed by atoms with Crippen molar-refractivity contribution in [3.8, 4) is 11.4 Å². The number of fused-ring (bicyclic) bond motifs is 1. The topological polar surface area (TPSA) is 64.3 Å². The Labute approximate surface area is 160 Å². The Morgan fingerprint density at radius 1 is 1.11 bits per heavy atom. The fraction of sp³-hybridized carbons (Fsp3) is 0.476. The third kappa shape index (κ3) is 3.81. The molecule has 3 heterocycles. The average Bonchev–Trinajstić information content (AvgIpc) is 3.13. The molecule has 1 fully saturated rings. The van der Waals surface area contributed by atoms with Crippen LogP contribution in [0, 0.1) is 5.92 Å². The third-order valence-corrected chi connectivity index (χ3v) is 5.54. The summed E-state index contributed by atoms with van der Waals surface area (Å²) >= 11 is 0. The highest BCUT2D eigenvalue weighted by Crippen LogP contribution is 2.27. The Balaban J connectivity index is 1.54. The first-order valence-electron chi connectivity index (χ1n) is 9.94. The Hall–Kier alpha value is -2.47. The molecule has 1 N–H and O–H groups in total. The van der Waals surface area contributed by atoms with E-state index in [9.17, 15) is 0 Å². The lowest BCUT2D eigenvalue weighted by Crippen LogP contribution is -2.38. The van der Waals surface area contributed by atoms with E-state index in [1.54, 1.807) is 0 Å². The predicted octanol–water partition coefficient (Wildman–Crippen LogP) is 4.19. The van der Waals surface area contributed by atoms with Crippen molar-refractivity contribution < 1.29 is 4.74 Å². The maximum absolute atomic E-state index is 6.04. The second kappa shape index (κ2) is 8.05. The molecule has 2 aromatic heterocycles. The molecule has 1 saturated heterocycles. The summed E-state index contributed by atoms with van der Waals surface area (Å²) in [6.45, 7) is 5.31. The Morgan fingerprint density at radius 2 is 1.93 bits per heavy atom. The first-order valence-corrected chi connectivity index (χ1v) is 9.94. The minimum absolute atomic E-state index is 0.338. The van der Waals surface area contributed by atoms with Gasteiger partial charge in [0.2, 0.25) is 0 Å². The molecule has 4 rings (SSSR count). The highest BCUT2D eigenvalue weighted by atomic mass is 16.5. The number of anilines is 1. The minimum Gasteiger partial charge on any atom is -0.378 e. The second-order valence-electron chi connectivity index (χ2n) is 7.23. The van der Waals surface area contributed by atoms with E-state index in [0.29, 0.717) is 18.1 Å². The first-order chi connectivity index (χ1) is 13.3. The van der Waals surface area contributed by atoms with Crippen molar-refractivity contribution in [3.63, 3.8) is 0 Å². The molecule has 6 heteroatoms. The lowest BCUT2D eigenvalue weighted by atomic mass is 9.89. The molecule has 0 aliphatic carbocycles. The van der Waals surface area contributed by atoms with Crippen molar-refractivity contribution in [1.82, 2.24) is 19.8 Å². The van der Waals surface area contributed by atoms with Crippen LogP contribution in [0.25, 0.3) is 17.0 Å². The maximum Gasteiger partial charge on any atom is 0.185 e. The van der Waals surface area contributed by atoms with Crippen molar-refractivity contribution in [3.05, 3.63) is 42.5 Å². The van der Waals surface area contributed by atoms with Crippen LogP contribution in [-0.2, 0) is 4.74 Å². The van der Waals surface area contributed by atoms with E-state index in [2.05, 4.69) is 29.4 Å². The number of aromatic nitrogens is 4. The van der Waals surface area contributed by atoms with E-state index >= 15 is 0 Å². The molecular formula is C21H27N5O. The quantitative estimate of drug-likeness (QED) is 0.710. The Bertz CT molecular complexity index is 875. The molecule has 1 aliphatic rings. The van der Waals surface area contributed by atoms with Crippen LogP contribution in [0.4, 0.5) is 5.82 Å². The van der Waals surface area contributed by atoms with E-state index in [0.717, 1.165) is 42.3 Å². The molecule has 27 heavy (non-hydrogen) atoms. The zero-order valence-electron chi connectivity index (χ0n) is 16.0. The van der Waals surface area contributed by atoms with Crippen LogP contribution in [0.3, 0.4) is 0 Å². The largest absolute Gasteiger partial charge is 0.378 e. The van der Waals surface area contributed by atoms with Gasteiger partial charge in [-0.1, -0.05) is 57.0 Å². The predicted molar refractivity (Wildman–Crippen MR) is 107 cm³/mol. The van der Waals surface area contributed by atoms with Gasteiger partial charge < -0.3 is 10.1 Å². The molecule has 0 radical (unpaired) electrons. The minimum atomic E-state index is 0.338. The number of benzene rings is 1. The lowest BCUT2D eigenvalue weighted by Gasteiger charge is -2.34. The lowest BCUT2D eigenvalue weighted by molar-refractivity contribution is -0.0271. The van der Waals surface area contributed by atoms with Crippen molar-refractivity contribution in [1.29, 1.82) is 0 Å². The average molecular weight is 365 g/mol. The van der Waals surface area contributed by atoms with Crippen molar-refractivity contribution in [2.75, 3.05) is 11.9 Å². The highest BCUT2D eigenvalue weighted by molar-refractivity contribution is 5.59. The molecule has 2 unspecified atom stereocenters. The summed E-state index contributed by atoms with van der Waals surface area (Å²) in [4.78, 5) is 0. The molecule has 0 bridgehead atoms. The van der Waals surface area contributed by atoms with Gasteiger partial charge in [0.15, 0.2) is 11.5 Å². The van der Waals surface area contributed by atoms with Crippen LogP contribution in [0.2, 0.25) is 0 Å². The summed E-state index contributed by atoms with van der Waals surface area (Å²) in [5.41, 5.74) is 1.76. The highest BCUT2D eigenvalue weighted by Gasteiger charge is 2.27. The number of hydrogen-bond acceptors (Lipinski definition) is 5. The molecule has 3 aromatic rings. The van der Waals surface area contributed by atoms with Crippen molar-refractivity contribution >= 4 is 11.5 Å². The molecule has 0 amide bonds. The smallest absolute Gasteiger partial charge is 0.185 e. The molecule has 1 aromatic carbocycles. The van der Waals surface area contributed by atoms with E-state index in [1.807, 2.05) is 47.0 Å². The monoisotopic (exact) mass is 365 g/mol. The number of nitrogens with one attached hydrogen (secondary N) is 1. The van der Waals surface area contributed by atoms with Gasteiger partial charge in [0.25, 0.3) is 0 Å². The van der Waals surface area contributed by atoms with Crippen LogP contribution in [-0.4, -0.2) is 38.6 Å². The van der Waals surface area contributed by atoms with Gasteiger partial charge in [-0.2, -0.15) is 4.52 Å². The second-order valence-corrected chi connectivity index (χ2v) is 7.23. The van der Waals surface area contributed by atoms with Crippen LogP contribution in [0.1, 0.15) is 39.5 Å². The zero-order chi connectivity index (χ0) is 18.6. The normalized spacial score (nSPS) is 20.3. The molecule has 142 valence electrons. The molecule has 0 spiro atoms. The summed E-state index contributed by atoms with van der Waals surface area (Å²) < 4.78 is 7.85. The van der Waals surface area contributed by atoms with Gasteiger partial charge in [0.1, 0.15) is 5.82 Å². The van der Waals surface area contributed by atoms with E-state index in [-0.39, 0.29) is 0 Å². The van der Waals surface area contributed by atoms with Crippen LogP contribution in [0.5, 0.6) is 0 Å². The van der Waals surface area contributed by atoms with Gasteiger partial charge in [-0.05, 0) is 30.9 Å². The van der Waals surface area contributed by atoms with Gasteiger partial charge in [0.05, 0.1) is 6.10 Å². The van der Waals surface area contributed by atoms with Crippen LogP contribution < -0.4 is 5.32 Å². The number of hydrogen-bond donors (Lipinski definition) is 1. The van der Waals surface area contributed by atoms with Gasteiger partial charge >= 0.3 is 0 Å². The SMILES string of the molecule is CCC(CC)C1CC(Nc2ccc3nnc(-c4ccccc4)n3n2)CCO1. The molecule has 2 atom stereocenters. The van der Waals surface area contributed by atoms with Gasteiger partial charge in [-0.25, -0.2) is 0 Å². The Kier molecular flexibility index (Phi) is 5.34. The van der Waals surface area contributed by atoms with Gasteiger partial charge in [0, 0.05) is 18.2 Å². The van der Waals surface area contributed by atoms with E-state index < -0.39 is 0 Å². The van der Waals surface area contributed by atoms with Crippen LogP contribution >= 0.6 is 0 Å². The summed E-state index contributed by atoms with van der Waals surface area (Å²) in [6.07, 6.45) is 4.70. The summed E-state index contributed by atoms with van der Waals surface area (Å²) in [7, 11) is 0. The molecular weight excluding hydrogens is 338 g/mol. The fourth-order valence-electron chi connectivity index (χ4n) is 3.94. The number of nitrogens with zero attached hydrogens (tertiary/aromatic N) is 4. The maximum atomic E-state index is 6.04. The first kappa shape index (κ1) is 17.9. The van der Waals surface area contributed by atoms with Gasteiger partial charge in [-0.15, -0.1) is 15.3 Å². The summed E-state index contributed by atoms with van der Waals surface area (Å²) in [5, 5.41) is 16.9. The van der Waals surface area contributed by atoms with Crippen LogP contribution in [0.15, 0.2) is 42.5 Å². The number of rotatable bonds is 6. The third-order valence-electron chi connectivity index (χ3n) is 5.54.